The molecule has 3 nitrogen and oxygen atoms in total. The fraction of sp³-hybridized carbons (Fsp3) is 0.300. The molecule has 0 heterocycles. The fourth-order valence-corrected chi connectivity index (χ4v) is 3.67. The molecular formula is C20H20Cl2N2O. The summed E-state index contributed by atoms with van der Waals surface area (Å²) in [6, 6.07) is 19.9. The number of hydrogen-bond donors (Lipinski definition) is 1. The Morgan fingerprint density at radius 3 is 2.28 bits per heavy atom. The van der Waals surface area contributed by atoms with E-state index in [-0.39, 0.29) is 5.91 Å². The molecule has 1 aliphatic carbocycles. The zero-order valence-electron chi connectivity index (χ0n) is 13.8. The van der Waals surface area contributed by atoms with Crippen molar-refractivity contribution in [3.05, 3.63) is 71.8 Å². The van der Waals surface area contributed by atoms with Crippen molar-refractivity contribution in [1.82, 2.24) is 5.43 Å². The highest BCUT2D eigenvalue weighted by Gasteiger charge is 2.66. The molecule has 1 unspecified atom stereocenters. The van der Waals surface area contributed by atoms with Gasteiger partial charge in [0.1, 0.15) is 4.33 Å². The van der Waals surface area contributed by atoms with Gasteiger partial charge in [0.2, 0.25) is 5.91 Å². The molecule has 0 spiro atoms. The van der Waals surface area contributed by atoms with E-state index in [4.69, 9.17) is 23.2 Å². The summed E-state index contributed by atoms with van der Waals surface area (Å²) in [4.78, 5) is 11.9. The first-order valence-electron chi connectivity index (χ1n) is 8.34. The quantitative estimate of drug-likeness (QED) is 0.428. The third-order valence-corrected chi connectivity index (χ3v) is 5.45. The predicted octanol–water partition coefficient (Wildman–Crippen LogP) is 4.63. The van der Waals surface area contributed by atoms with Gasteiger partial charge in [-0.2, -0.15) is 5.10 Å². The molecule has 1 saturated carbocycles. The van der Waals surface area contributed by atoms with E-state index in [0.29, 0.717) is 12.8 Å². The molecule has 1 fully saturated rings. The molecule has 1 atom stereocenters. The normalized spacial score (nSPS) is 21.2. The molecule has 0 aliphatic heterocycles. The van der Waals surface area contributed by atoms with Crippen molar-refractivity contribution in [2.24, 2.45) is 5.10 Å². The van der Waals surface area contributed by atoms with Crippen LogP contribution in [0, 0.1) is 0 Å². The maximum Gasteiger partial charge on any atom is 0.240 e. The highest BCUT2D eigenvalue weighted by molar-refractivity contribution is 6.53. The number of halogens is 2. The molecule has 1 N–H and O–H groups in total. The molecular weight excluding hydrogens is 355 g/mol. The number of amides is 1. The van der Waals surface area contributed by atoms with Crippen molar-refractivity contribution in [3.63, 3.8) is 0 Å². The number of alkyl halides is 2. The van der Waals surface area contributed by atoms with Gasteiger partial charge in [-0.1, -0.05) is 60.7 Å². The maximum atomic E-state index is 11.9. The molecule has 3 rings (SSSR count). The van der Waals surface area contributed by atoms with Crippen molar-refractivity contribution in [2.45, 2.75) is 35.4 Å². The van der Waals surface area contributed by atoms with Gasteiger partial charge in [-0.05, 0) is 30.4 Å². The number of aryl methyl sites for hydroxylation is 1. The summed E-state index contributed by atoms with van der Waals surface area (Å²) in [6.07, 6.45) is 4.33. The van der Waals surface area contributed by atoms with E-state index >= 15 is 0 Å². The Hall–Kier alpha value is -1.84. The minimum absolute atomic E-state index is 0.106. The van der Waals surface area contributed by atoms with Gasteiger partial charge < -0.3 is 0 Å². The van der Waals surface area contributed by atoms with E-state index in [2.05, 4.69) is 22.7 Å². The molecule has 0 radical (unpaired) electrons. The van der Waals surface area contributed by atoms with Crippen LogP contribution >= 0.6 is 23.2 Å². The lowest BCUT2D eigenvalue weighted by molar-refractivity contribution is -0.121. The van der Waals surface area contributed by atoms with Crippen molar-refractivity contribution < 1.29 is 4.79 Å². The van der Waals surface area contributed by atoms with Gasteiger partial charge >= 0.3 is 0 Å². The van der Waals surface area contributed by atoms with E-state index in [1.165, 1.54) is 5.56 Å². The minimum Gasteiger partial charge on any atom is -0.273 e. The van der Waals surface area contributed by atoms with E-state index < -0.39 is 9.75 Å². The number of hydrazone groups is 1. The highest BCUT2D eigenvalue weighted by Crippen LogP contribution is 2.63. The van der Waals surface area contributed by atoms with Gasteiger partial charge in [-0.25, -0.2) is 5.43 Å². The van der Waals surface area contributed by atoms with Gasteiger partial charge in [0.05, 0.1) is 5.41 Å². The lowest BCUT2D eigenvalue weighted by Gasteiger charge is -2.13. The van der Waals surface area contributed by atoms with Crippen LogP contribution in [-0.4, -0.2) is 16.5 Å². The number of nitrogens with one attached hydrogen (secondary N) is 1. The third kappa shape index (κ3) is 4.23. The Bertz CT molecular complexity index is 747. The molecule has 25 heavy (non-hydrogen) atoms. The standard InChI is InChI=1S/C20H20Cl2N2O/c21-20(22)14-19(20,17-11-5-2-6-12-17)15-23-24-18(25)13-7-10-16-8-3-1-4-9-16/h1-6,8-9,11-12,15H,7,10,13-14H2,(H,24,25). The number of carbonyl (C=O) groups is 1. The zero-order chi connectivity index (χ0) is 17.8. The van der Waals surface area contributed by atoms with E-state index in [0.717, 1.165) is 18.4 Å². The summed E-state index contributed by atoms with van der Waals surface area (Å²) in [5.41, 5.74) is 4.29. The average Bonchev–Trinajstić information content (AvgIpc) is 3.19. The summed E-state index contributed by atoms with van der Waals surface area (Å²) in [5, 5.41) is 4.11. The smallest absolute Gasteiger partial charge is 0.240 e. The van der Waals surface area contributed by atoms with E-state index in [1.54, 1.807) is 6.21 Å². The zero-order valence-corrected chi connectivity index (χ0v) is 15.3. The van der Waals surface area contributed by atoms with Crippen LogP contribution < -0.4 is 5.43 Å². The monoisotopic (exact) mass is 374 g/mol. The average molecular weight is 375 g/mol. The van der Waals surface area contributed by atoms with Crippen molar-refractivity contribution in [3.8, 4) is 0 Å². The Morgan fingerprint density at radius 2 is 1.68 bits per heavy atom. The van der Waals surface area contributed by atoms with Crippen LogP contribution in [-0.2, 0) is 16.6 Å². The number of rotatable bonds is 7. The van der Waals surface area contributed by atoms with Crippen LogP contribution in [0.3, 0.4) is 0 Å². The Kier molecular flexibility index (Phi) is 5.45. The van der Waals surface area contributed by atoms with Crippen LogP contribution in [0.1, 0.15) is 30.4 Å². The van der Waals surface area contributed by atoms with Crippen molar-refractivity contribution in [2.75, 3.05) is 0 Å². The van der Waals surface area contributed by atoms with Crippen LogP contribution in [0.2, 0.25) is 0 Å². The van der Waals surface area contributed by atoms with Gasteiger partial charge in [-0.3, -0.25) is 4.79 Å². The molecule has 0 bridgehead atoms. The number of benzene rings is 2. The summed E-state index contributed by atoms with van der Waals surface area (Å²) < 4.78 is -0.879. The van der Waals surface area contributed by atoms with Gasteiger partial charge in [0.15, 0.2) is 0 Å². The SMILES string of the molecule is O=C(CCCc1ccccc1)NN=CC1(c2ccccc2)CC1(Cl)Cl. The maximum absolute atomic E-state index is 11.9. The first-order chi connectivity index (χ1) is 12.0. The topological polar surface area (TPSA) is 41.5 Å². The molecule has 2 aromatic rings. The molecule has 5 heteroatoms. The van der Waals surface area contributed by atoms with E-state index in [9.17, 15) is 4.79 Å². The lowest BCUT2D eigenvalue weighted by Crippen LogP contribution is -2.22. The van der Waals surface area contributed by atoms with Crippen LogP contribution in [0.5, 0.6) is 0 Å². The van der Waals surface area contributed by atoms with Gasteiger partial charge in [-0.15, -0.1) is 23.2 Å². The minimum atomic E-state index is -0.879. The summed E-state index contributed by atoms with van der Waals surface area (Å²) >= 11 is 12.7. The molecule has 1 amide bonds. The Morgan fingerprint density at radius 1 is 1.08 bits per heavy atom. The molecule has 0 saturated heterocycles. The number of nitrogens with zero attached hydrogens (tertiary/aromatic N) is 1. The molecule has 2 aromatic carbocycles. The number of carbonyl (C=O) groups excluding carboxylic acids is 1. The summed E-state index contributed by atoms with van der Waals surface area (Å²) in [7, 11) is 0. The summed E-state index contributed by atoms with van der Waals surface area (Å²) in [5.74, 6) is -0.106. The molecule has 130 valence electrons. The molecule has 0 aromatic heterocycles. The lowest BCUT2D eigenvalue weighted by atomic mass is 9.97. The van der Waals surface area contributed by atoms with Crippen LogP contribution in [0.15, 0.2) is 65.8 Å². The van der Waals surface area contributed by atoms with Crippen molar-refractivity contribution in [1.29, 1.82) is 0 Å². The van der Waals surface area contributed by atoms with E-state index in [1.807, 2.05) is 48.5 Å². The Labute approximate surface area is 158 Å². The second kappa shape index (κ2) is 7.59. The van der Waals surface area contributed by atoms with Crippen molar-refractivity contribution >= 4 is 35.3 Å². The first-order valence-corrected chi connectivity index (χ1v) is 9.09. The largest absolute Gasteiger partial charge is 0.273 e. The third-order valence-electron chi connectivity index (χ3n) is 4.50. The molecule has 1 aliphatic rings. The van der Waals surface area contributed by atoms with Crippen LogP contribution in [0.25, 0.3) is 0 Å². The first kappa shape index (κ1) is 18.0. The van der Waals surface area contributed by atoms with Crippen LogP contribution in [0.4, 0.5) is 0 Å². The second-order valence-corrected chi connectivity index (χ2v) is 7.83. The highest BCUT2D eigenvalue weighted by atomic mass is 35.5. The predicted molar refractivity (Wildman–Crippen MR) is 103 cm³/mol. The Balaban J connectivity index is 1.51. The summed E-state index contributed by atoms with van der Waals surface area (Å²) in [6.45, 7) is 0. The number of hydrogen-bond acceptors (Lipinski definition) is 2. The fourth-order valence-electron chi connectivity index (χ4n) is 2.94. The van der Waals surface area contributed by atoms with Gasteiger partial charge in [0, 0.05) is 12.6 Å². The van der Waals surface area contributed by atoms with Gasteiger partial charge in [0.25, 0.3) is 0 Å². The second-order valence-electron chi connectivity index (χ2n) is 6.35.